The molecule has 0 saturated heterocycles. The van der Waals surface area contributed by atoms with Crippen LogP contribution in [-0.4, -0.2) is 31.7 Å². The fraction of sp³-hybridized carbons (Fsp3) is 0.200. The smallest absolute Gasteiger partial charge is 0.252 e. The Hall–Kier alpha value is -2.80. The molecule has 0 aliphatic carbocycles. The molecule has 0 unspecified atom stereocenters. The lowest BCUT2D eigenvalue weighted by Crippen LogP contribution is -2.27. The fourth-order valence-electron chi connectivity index (χ4n) is 2.87. The van der Waals surface area contributed by atoms with Crippen molar-refractivity contribution in [2.45, 2.75) is 6.42 Å². The van der Waals surface area contributed by atoms with Gasteiger partial charge in [-0.2, -0.15) is 0 Å². The molecule has 1 amide bonds. The third-order valence-electron chi connectivity index (χ3n) is 4.25. The third kappa shape index (κ3) is 3.98. The molecule has 0 atom stereocenters. The number of pyridine rings is 1. The van der Waals surface area contributed by atoms with Crippen LogP contribution >= 0.6 is 15.9 Å². The predicted octanol–water partition coefficient (Wildman–Crippen LogP) is 3.28. The number of aromatic amines is 1. The second-order valence-electron chi connectivity index (χ2n) is 5.87. The van der Waals surface area contributed by atoms with Crippen molar-refractivity contribution in [3.63, 3.8) is 0 Å². The van der Waals surface area contributed by atoms with Gasteiger partial charge in [0, 0.05) is 22.0 Å². The van der Waals surface area contributed by atoms with Crippen LogP contribution in [0.25, 0.3) is 10.9 Å². The number of halogens is 1. The molecule has 0 bridgehead atoms. The van der Waals surface area contributed by atoms with Crippen molar-refractivity contribution in [3.8, 4) is 11.5 Å². The summed E-state index contributed by atoms with van der Waals surface area (Å²) in [6.45, 7) is 0.334. The first-order valence-electron chi connectivity index (χ1n) is 8.34. The normalized spacial score (nSPS) is 10.6. The predicted molar refractivity (Wildman–Crippen MR) is 108 cm³/mol. The Morgan fingerprint density at radius 2 is 1.81 bits per heavy atom. The highest BCUT2D eigenvalue weighted by molar-refractivity contribution is 9.10. The van der Waals surface area contributed by atoms with E-state index in [1.165, 1.54) is 0 Å². The zero-order valence-corrected chi connectivity index (χ0v) is 16.6. The molecule has 0 saturated carbocycles. The lowest BCUT2D eigenvalue weighted by Gasteiger charge is -2.11. The summed E-state index contributed by atoms with van der Waals surface area (Å²) in [5.74, 6) is 1.01. The van der Waals surface area contributed by atoms with E-state index in [4.69, 9.17) is 9.47 Å². The van der Waals surface area contributed by atoms with Crippen molar-refractivity contribution in [1.29, 1.82) is 0 Å². The number of hydrogen-bond donors (Lipinski definition) is 2. The zero-order chi connectivity index (χ0) is 19.4. The molecule has 2 aromatic carbocycles. The molecule has 0 fully saturated rings. The minimum Gasteiger partial charge on any atom is -0.496 e. The molecule has 3 aromatic rings. The Bertz CT molecular complexity index is 1050. The van der Waals surface area contributed by atoms with Crippen LogP contribution in [0.15, 0.2) is 51.7 Å². The molecule has 7 heteroatoms. The minimum absolute atomic E-state index is 0.195. The van der Waals surface area contributed by atoms with E-state index in [1.54, 1.807) is 44.6 Å². The molecule has 3 rings (SSSR count). The van der Waals surface area contributed by atoms with E-state index in [1.807, 2.05) is 12.1 Å². The van der Waals surface area contributed by atoms with Crippen LogP contribution in [0.3, 0.4) is 0 Å². The number of H-pyrrole nitrogens is 1. The van der Waals surface area contributed by atoms with E-state index in [9.17, 15) is 9.59 Å². The van der Waals surface area contributed by atoms with E-state index in [0.717, 1.165) is 9.86 Å². The second-order valence-corrected chi connectivity index (χ2v) is 6.72. The molecule has 0 aliphatic rings. The summed E-state index contributed by atoms with van der Waals surface area (Å²) < 4.78 is 11.4. The van der Waals surface area contributed by atoms with Gasteiger partial charge in [-0.15, -0.1) is 0 Å². The zero-order valence-electron chi connectivity index (χ0n) is 15.0. The van der Waals surface area contributed by atoms with Gasteiger partial charge in [-0.3, -0.25) is 9.59 Å². The van der Waals surface area contributed by atoms with Gasteiger partial charge in [-0.1, -0.05) is 12.1 Å². The highest BCUT2D eigenvalue weighted by atomic mass is 79.9. The average molecular weight is 431 g/mol. The lowest BCUT2D eigenvalue weighted by atomic mass is 10.1. The van der Waals surface area contributed by atoms with Crippen molar-refractivity contribution < 1.29 is 14.3 Å². The molecule has 140 valence electrons. The summed E-state index contributed by atoms with van der Waals surface area (Å²) in [5, 5.41) is 3.59. The maximum absolute atomic E-state index is 12.4. The van der Waals surface area contributed by atoms with Crippen LogP contribution in [0.2, 0.25) is 0 Å². The molecule has 1 heterocycles. The van der Waals surface area contributed by atoms with Crippen LogP contribution in [0.5, 0.6) is 11.5 Å². The minimum atomic E-state index is -0.218. The Balaban J connectivity index is 1.81. The summed E-state index contributed by atoms with van der Waals surface area (Å²) in [6, 6.07) is 12.5. The van der Waals surface area contributed by atoms with E-state index in [0.29, 0.717) is 41.1 Å². The van der Waals surface area contributed by atoms with Crippen molar-refractivity contribution >= 4 is 32.7 Å². The van der Waals surface area contributed by atoms with E-state index < -0.39 is 0 Å². The number of ether oxygens (including phenoxy) is 2. The number of hydrogen-bond acceptors (Lipinski definition) is 4. The number of nitrogens with one attached hydrogen (secondary N) is 2. The van der Waals surface area contributed by atoms with Gasteiger partial charge in [0.2, 0.25) is 0 Å². The summed E-state index contributed by atoms with van der Waals surface area (Å²) in [6.07, 6.45) is 0.391. The van der Waals surface area contributed by atoms with E-state index in [-0.39, 0.29) is 11.5 Å². The van der Waals surface area contributed by atoms with Crippen LogP contribution < -0.4 is 20.3 Å². The van der Waals surface area contributed by atoms with Gasteiger partial charge in [0.05, 0.1) is 25.3 Å². The van der Waals surface area contributed by atoms with Crippen LogP contribution in [0, 0.1) is 0 Å². The van der Waals surface area contributed by atoms with Gasteiger partial charge < -0.3 is 19.8 Å². The molecule has 0 radical (unpaired) electrons. The van der Waals surface area contributed by atoms with Gasteiger partial charge in [0.25, 0.3) is 11.5 Å². The van der Waals surface area contributed by atoms with Gasteiger partial charge in [-0.05, 0) is 52.7 Å². The topological polar surface area (TPSA) is 80.4 Å². The van der Waals surface area contributed by atoms with Gasteiger partial charge in [-0.25, -0.2) is 0 Å². The van der Waals surface area contributed by atoms with E-state index in [2.05, 4.69) is 26.2 Å². The van der Waals surface area contributed by atoms with Gasteiger partial charge in [0.15, 0.2) is 0 Å². The molecule has 1 aromatic heterocycles. The molecular weight excluding hydrogens is 412 g/mol. The quantitative estimate of drug-likeness (QED) is 0.628. The monoisotopic (exact) mass is 430 g/mol. The van der Waals surface area contributed by atoms with Crippen LogP contribution in [0.4, 0.5) is 0 Å². The number of amides is 1. The molecule has 6 nitrogen and oxygen atoms in total. The van der Waals surface area contributed by atoms with Crippen molar-refractivity contribution in [3.05, 3.63) is 68.4 Å². The van der Waals surface area contributed by atoms with E-state index >= 15 is 0 Å². The number of benzene rings is 2. The largest absolute Gasteiger partial charge is 0.496 e. The molecule has 0 aliphatic heterocycles. The summed E-state index contributed by atoms with van der Waals surface area (Å²) in [5.41, 5.74) is 1.48. The maximum atomic E-state index is 12.4. The average Bonchev–Trinajstić information content (AvgIpc) is 2.67. The Morgan fingerprint density at radius 3 is 2.52 bits per heavy atom. The van der Waals surface area contributed by atoms with Gasteiger partial charge in [0.1, 0.15) is 11.5 Å². The lowest BCUT2D eigenvalue weighted by molar-refractivity contribution is 0.0953. The van der Waals surface area contributed by atoms with Crippen LogP contribution in [0.1, 0.15) is 15.9 Å². The Morgan fingerprint density at radius 1 is 1.11 bits per heavy atom. The molecular formula is C20H19BrN2O4. The summed E-state index contributed by atoms with van der Waals surface area (Å²) >= 11 is 3.36. The number of fused-ring (bicyclic) bond motifs is 1. The number of carbonyl (C=O) groups excluding carboxylic acids is 1. The highest BCUT2D eigenvalue weighted by Gasteiger charge is 2.13. The number of rotatable bonds is 6. The number of carbonyl (C=O) groups is 1. The summed E-state index contributed by atoms with van der Waals surface area (Å²) in [7, 11) is 3.12. The fourth-order valence-corrected chi connectivity index (χ4v) is 3.34. The molecule has 2 N–H and O–H groups in total. The standard InChI is InChI=1S/C20H19BrN2O4/c1-26-16-7-8-17(27-2)18-14(16)11-12(19(24)23-18)9-10-22-20(25)13-5-3-4-6-15(13)21/h3-8,11H,9-10H2,1-2H3,(H,22,25)(H,23,24). The van der Waals surface area contributed by atoms with Gasteiger partial charge >= 0.3 is 0 Å². The second kappa shape index (κ2) is 8.26. The summed E-state index contributed by atoms with van der Waals surface area (Å²) in [4.78, 5) is 27.6. The molecule has 27 heavy (non-hydrogen) atoms. The number of aromatic nitrogens is 1. The maximum Gasteiger partial charge on any atom is 0.252 e. The first-order chi connectivity index (χ1) is 13.0. The Kier molecular flexibility index (Phi) is 5.81. The first kappa shape index (κ1) is 19.0. The van der Waals surface area contributed by atoms with Crippen molar-refractivity contribution in [2.24, 2.45) is 0 Å². The SMILES string of the molecule is COc1ccc(OC)c2[nH]c(=O)c(CCNC(=O)c3ccccc3Br)cc12. The Labute approximate surface area is 164 Å². The number of methoxy groups -OCH3 is 2. The third-order valence-corrected chi connectivity index (χ3v) is 4.95. The first-order valence-corrected chi connectivity index (χ1v) is 9.14. The van der Waals surface area contributed by atoms with Crippen molar-refractivity contribution in [1.82, 2.24) is 10.3 Å². The molecule has 0 spiro atoms. The van der Waals surface area contributed by atoms with Crippen LogP contribution in [-0.2, 0) is 6.42 Å². The van der Waals surface area contributed by atoms with Crippen molar-refractivity contribution in [2.75, 3.05) is 20.8 Å². The highest BCUT2D eigenvalue weighted by Crippen LogP contribution is 2.31.